The van der Waals surface area contributed by atoms with E-state index in [1.165, 1.54) is 12.1 Å². The van der Waals surface area contributed by atoms with Crippen LogP contribution in [0.4, 0.5) is 0 Å². The summed E-state index contributed by atoms with van der Waals surface area (Å²) in [5.74, 6) is -3.29. The van der Waals surface area contributed by atoms with Gasteiger partial charge in [0.1, 0.15) is 22.7 Å². The zero-order valence-corrected chi connectivity index (χ0v) is 16.9. The van der Waals surface area contributed by atoms with Crippen molar-refractivity contribution < 1.29 is 27.6 Å². The van der Waals surface area contributed by atoms with Crippen molar-refractivity contribution in [1.82, 2.24) is 0 Å². The number of oxime groups is 1. The van der Waals surface area contributed by atoms with Crippen LogP contribution in [0.15, 0.2) is 17.3 Å². The summed E-state index contributed by atoms with van der Waals surface area (Å²) in [6.07, 6.45) is 0.523. The van der Waals surface area contributed by atoms with Gasteiger partial charge < -0.3 is 4.84 Å². The normalized spacial score (nSPS) is 19.8. The summed E-state index contributed by atoms with van der Waals surface area (Å²) in [5.41, 5.74) is 0.835. The Morgan fingerprint density at radius 1 is 1.28 bits per heavy atom. The second kappa shape index (κ2) is 8.84. The Hall–Kier alpha value is -2.57. The van der Waals surface area contributed by atoms with Crippen molar-refractivity contribution in [2.24, 2.45) is 11.1 Å². The Bertz CT molecular complexity index is 1020. The number of carbonyl (C=O) groups excluding carboxylic acids is 3. The first-order valence-corrected chi connectivity index (χ1v) is 10.7. The van der Waals surface area contributed by atoms with Crippen LogP contribution in [0.5, 0.6) is 0 Å². The molecule has 152 valence electrons. The summed E-state index contributed by atoms with van der Waals surface area (Å²) >= 11 is 6.47. The third-order valence-electron chi connectivity index (χ3n) is 4.89. The molecule has 1 aliphatic carbocycles. The molecule has 3 rings (SSSR count). The predicted molar refractivity (Wildman–Crippen MR) is 103 cm³/mol. The summed E-state index contributed by atoms with van der Waals surface area (Å²) < 4.78 is 22.6. The molecule has 1 saturated carbocycles. The van der Waals surface area contributed by atoms with E-state index in [4.69, 9.17) is 21.7 Å². The maximum atomic E-state index is 12.9. The van der Waals surface area contributed by atoms with Gasteiger partial charge in [0.15, 0.2) is 17.3 Å². The Morgan fingerprint density at radius 2 is 1.97 bits per heavy atom. The largest absolute Gasteiger partial charge is 0.391 e. The Kier molecular flexibility index (Phi) is 6.45. The summed E-state index contributed by atoms with van der Waals surface area (Å²) in [6, 6.07) is 4.73. The van der Waals surface area contributed by atoms with E-state index < -0.39 is 40.1 Å². The lowest BCUT2D eigenvalue weighted by Gasteiger charge is -2.20. The summed E-state index contributed by atoms with van der Waals surface area (Å²) in [5, 5.41) is 12.7. The Balaban J connectivity index is 2.04. The van der Waals surface area contributed by atoms with E-state index in [9.17, 15) is 22.8 Å². The predicted octanol–water partition coefficient (Wildman–Crippen LogP) is 1.98. The van der Waals surface area contributed by atoms with E-state index in [-0.39, 0.29) is 47.6 Å². The van der Waals surface area contributed by atoms with Crippen LogP contribution in [0.2, 0.25) is 5.02 Å². The van der Waals surface area contributed by atoms with Crippen molar-refractivity contribution in [3.63, 3.8) is 0 Å². The van der Waals surface area contributed by atoms with Crippen LogP contribution < -0.4 is 0 Å². The molecule has 1 aromatic carbocycles. The molecular formula is C19H17ClN2O6S. The number of thiol groups is 1. The Labute approximate surface area is 173 Å². The number of nitriles is 1. The van der Waals surface area contributed by atoms with Crippen LogP contribution in [-0.4, -0.2) is 37.6 Å². The first-order valence-electron chi connectivity index (χ1n) is 8.96. The van der Waals surface area contributed by atoms with E-state index in [1.807, 2.05) is 6.07 Å². The van der Waals surface area contributed by atoms with Gasteiger partial charge in [0.2, 0.25) is 0 Å². The SMILES string of the molecule is N#CCC1CC(c2c(C[SH](=O)=O)ccc(C(=O)C3C(=O)CCCC3=O)c2Cl)=NO1. The average molecular weight is 437 g/mol. The van der Waals surface area contributed by atoms with Gasteiger partial charge in [0.05, 0.1) is 29.0 Å². The van der Waals surface area contributed by atoms with Crippen molar-refractivity contribution >= 4 is 45.4 Å². The number of halogens is 1. The van der Waals surface area contributed by atoms with Crippen LogP contribution in [0, 0.1) is 17.2 Å². The van der Waals surface area contributed by atoms with Gasteiger partial charge in [-0.25, -0.2) is 8.42 Å². The van der Waals surface area contributed by atoms with E-state index in [0.717, 1.165) is 0 Å². The molecule has 1 atom stereocenters. The lowest BCUT2D eigenvalue weighted by atomic mass is 9.81. The van der Waals surface area contributed by atoms with E-state index in [2.05, 4.69) is 5.16 Å². The monoisotopic (exact) mass is 436 g/mol. The summed E-state index contributed by atoms with van der Waals surface area (Å²) in [6.45, 7) is 0. The lowest BCUT2D eigenvalue weighted by Crippen LogP contribution is -2.35. The number of ketones is 3. The standard InChI is InChI=1S/C19H17ClN2O6S/c20-18-12(19(25)17-14(23)2-1-3-15(17)24)5-4-10(9-29(26)27)16(18)13-8-11(6-7-21)28-22-13/h4-5,11,17,29H,1-3,6,8-9H2. The topological polar surface area (TPSA) is 131 Å². The number of benzene rings is 1. The molecule has 0 amide bonds. The molecule has 0 N–H and O–H groups in total. The minimum Gasteiger partial charge on any atom is -0.391 e. The fourth-order valence-electron chi connectivity index (χ4n) is 3.53. The van der Waals surface area contributed by atoms with Crippen LogP contribution >= 0.6 is 11.6 Å². The molecule has 1 aliphatic heterocycles. The van der Waals surface area contributed by atoms with Crippen LogP contribution in [0.1, 0.15) is 53.6 Å². The van der Waals surface area contributed by atoms with Gasteiger partial charge in [-0.05, 0) is 18.1 Å². The van der Waals surface area contributed by atoms with Crippen LogP contribution in [-0.2, 0) is 30.9 Å². The minimum absolute atomic E-state index is 0.0356. The first-order chi connectivity index (χ1) is 13.8. The first kappa shape index (κ1) is 21.1. The second-order valence-corrected chi connectivity index (χ2v) is 8.23. The number of hydrogen-bond acceptors (Lipinski definition) is 8. The molecule has 1 fully saturated rings. The van der Waals surface area contributed by atoms with Gasteiger partial charge in [-0.15, -0.1) is 0 Å². The molecule has 0 aromatic heterocycles. The van der Waals surface area contributed by atoms with Crippen molar-refractivity contribution in [3.8, 4) is 6.07 Å². The Morgan fingerprint density at radius 3 is 2.59 bits per heavy atom. The summed E-state index contributed by atoms with van der Waals surface area (Å²) in [4.78, 5) is 42.5. The number of carbonyl (C=O) groups is 3. The third kappa shape index (κ3) is 4.38. The molecule has 1 unspecified atom stereocenters. The highest BCUT2D eigenvalue weighted by Gasteiger charge is 2.38. The zero-order chi connectivity index (χ0) is 21.1. The van der Waals surface area contributed by atoms with Crippen molar-refractivity contribution in [3.05, 3.63) is 33.8 Å². The molecule has 1 aromatic rings. The highest BCUT2D eigenvalue weighted by molar-refractivity contribution is 7.71. The molecular weight excluding hydrogens is 420 g/mol. The number of nitrogens with zero attached hydrogens (tertiary/aromatic N) is 2. The highest BCUT2D eigenvalue weighted by Crippen LogP contribution is 2.33. The third-order valence-corrected chi connectivity index (χ3v) is 5.88. The smallest absolute Gasteiger partial charge is 0.182 e. The molecule has 0 bridgehead atoms. The molecule has 2 aliphatic rings. The maximum Gasteiger partial charge on any atom is 0.182 e. The maximum absolute atomic E-state index is 12.9. The summed E-state index contributed by atoms with van der Waals surface area (Å²) in [7, 11) is -2.79. The van der Waals surface area contributed by atoms with E-state index in [0.29, 0.717) is 17.7 Å². The van der Waals surface area contributed by atoms with Crippen LogP contribution in [0.25, 0.3) is 0 Å². The molecule has 8 nitrogen and oxygen atoms in total. The van der Waals surface area contributed by atoms with Crippen LogP contribution in [0.3, 0.4) is 0 Å². The zero-order valence-electron chi connectivity index (χ0n) is 15.2. The second-order valence-electron chi connectivity index (χ2n) is 6.87. The average Bonchev–Trinajstić information content (AvgIpc) is 3.09. The molecule has 0 saturated heterocycles. The highest BCUT2D eigenvalue weighted by atomic mass is 35.5. The van der Waals surface area contributed by atoms with E-state index in [1.54, 1.807) is 0 Å². The van der Waals surface area contributed by atoms with Gasteiger partial charge in [0.25, 0.3) is 0 Å². The van der Waals surface area contributed by atoms with Crippen molar-refractivity contribution in [1.29, 1.82) is 5.26 Å². The van der Waals surface area contributed by atoms with Gasteiger partial charge in [0, 0.05) is 30.4 Å². The molecule has 10 heteroatoms. The van der Waals surface area contributed by atoms with E-state index >= 15 is 0 Å². The fraction of sp³-hybridized carbons (Fsp3) is 0.421. The number of rotatable bonds is 6. The quantitative estimate of drug-likeness (QED) is 0.409. The molecule has 1 heterocycles. The van der Waals surface area contributed by atoms with Crippen molar-refractivity contribution in [2.75, 3.05) is 0 Å². The molecule has 0 spiro atoms. The van der Waals surface area contributed by atoms with Gasteiger partial charge in [-0.3, -0.25) is 14.4 Å². The lowest BCUT2D eigenvalue weighted by molar-refractivity contribution is -0.133. The molecule has 0 radical (unpaired) electrons. The minimum atomic E-state index is -2.79. The van der Waals surface area contributed by atoms with Gasteiger partial charge in [-0.1, -0.05) is 22.8 Å². The molecule has 29 heavy (non-hydrogen) atoms. The fourth-order valence-corrected chi connectivity index (χ4v) is 4.46. The van der Waals surface area contributed by atoms with Crippen molar-refractivity contribution in [2.45, 2.75) is 44.0 Å². The van der Waals surface area contributed by atoms with Gasteiger partial charge in [-0.2, -0.15) is 5.26 Å². The number of hydrogen-bond donors (Lipinski definition) is 1. The number of Topliss-reactive ketones (excluding diaryl/α,β-unsaturated/α-hetero) is 3. The van der Waals surface area contributed by atoms with Gasteiger partial charge >= 0.3 is 0 Å².